The highest BCUT2D eigenvalue weighted by molar-refractivity contribution is 6.07. The van der Waals surface area contributed by atoms with Crippen molar-refractivity contribution in [1.29, 1.82) is 0 Å². The molecule has 7 heteroatoms. The van der Waals surface area contributed by atoms with E-state index in [1.807, 2.05) is 79.4 Å². The monoisotopic (exact) mass is 438 g/mol. The molecule has 32 heavy (non-hydrogen) atoms. The van der Waals surface area contributed by atoms with Crippen molar-refractivity contribution in [2.24, 2.45) is 5.92 Å². The van der Waals surface area contributed by atoms with Crippen molar-refractivity contribution >= 4 is 11.8 Å². The normalized spacial score (nSPS) is 18.0. The first-order chi connectivity index (χ1) is 15.4. The maximum atomic E-state index is 13.4. The van der Waals surface area contributed by atoms with Crippen molar-refractivity contribution in [2.45, 2.75) is 32.9 Å². The third-order valence-corrected chi connectivity index (χ3v) is 5.15. The Bertz CT molecular complexity index is 941. The molecule has 2 aromatic carbocycles. The smallest absolute Gasteiger partial charge is 0.300 e. The predicted molar refractivity (Wildman–Crippen MR) is 120 cm³/mol. The second-order valence-electron chi connectivity index (χ2n) is 7.95. The van der Waals surface area contributed by atoms with Crippen LogP contribution in [0.15, 0.2) is 66.4 Å². The van der Waals surface area contributed by atoms with Crippen LogP contribution in [0, 0.1) is 5.92 Å². The SMILES string of the molecule is COCON1C(=O)/C(=C/C(C)C)N(Cc2ccc(OC)cc2)[C@@H](Cc2ccccc2)C1=O. The van der Waals surface area contributed by atoms with Crippen molar-refractivity contribution in [2.75, 3.05) is 21.0 Å². The van der Waals surface area contributed by atoms with Crippen LogP contribution < -0.4 is 4.74 Å². The molecule has 2 amide bonds. The van der Waals surface area contributed by atoms with Crippen LogP contribution in [0.1, 0.15) is 25.0 Å². The molecule has 1 heterocycles. The number of piperazine rings is 1. The minimum Gasteiger partial charge on any atom is -0.497 e. The molecule has 0 radical (unpaired) electrons. The average Bonchev–Trinajstić information content (AvgIpc) is 2.80. The summed E-state index contributed by atoms with van der Waals surface area (Å²) in [5.41, 5.74) is 2.40. The second-order valence-corrected chi connectivity index (χ2v) is 7.95. The number of carbonyl (C=O) groups is 2. The molecule has 2 aromatic rings. The molecular formula is C25H30N2O5. The van der Waals surface area contributed by atoms with Gasteiger partial charge < -0.3 is 14.4 Å². The van der Waals surface area contributed by atoms with Gasteiger partial charge in [-0.15, -0.1) is 5.06 Å². The van der Waals surface area contributed by atoms with E-state index < -0.39 is 17.9 Å². The molecular weight excluding hydrogens is 408 g/mol. The number of hydrogen-bond donors (Lipinski definition) is 0. The zero-order valence-corrected chi connectivity index (χ0v) is 19.0. The van der Waals surface area contributed by atoms with E-state index in [-0.39, 0.29) is 12.7 Å². The number of allylic oxidation sites excluding steroid dienone is 1. The molecule has 7 nitrogen and oxygen atoms in total. The van der Waals surface area contributed by atoms with Crippen LogP contribution >= 0.6 is 0 Å². The second kappa shape index (κ2) is 10.9. The van der Waals surface area contributed by atoms with Gasteiger partial charge in [0.15, 0.2) is 6.79 Å². The molecule has 1 saturated heterocycles. The van der Waals surface area contributed by atoms with Crippen LogP contribution in [0.5, 0.6) is 5.75 Å². The molecule has 1 fully saturated rings. The predicted octanol–water partition coefficient (Wildman–Crippen LogP) is 3.55. The summed E-state index contributed by atoms with van der Waals surface area (Å²) >= 11 is 0. The lowest BCUT2D eigenvalue weighted by Crippen LogP contribution is -2.58. The Balaban J connectivity index is 2.02. The topological polar surface area (TPSA) is 68.3 Å². The maximum Gasteiger partial charge on any atom is 0.300 e. The summed E-state index contributed by atoms with van der Waals surface area (Å²) in [5.74, 6) is -0.0523. The van der Waals surface area contributed by atoms with E-state index >= 15 is 0 Å². The first-order valence-electron chi connectivity index (χ1n) is 10.6. The maximum absolute atomic E-state index is 13.4. The van der Waals surface area contributed by atoms with E-state index in [0.717, 1.165) is 21.9 Å². The number of rotatable bonds is 9. The third kappa shape index (κ3) is 5.55. The van der Waals surface area contributed by atoms with Gasteiger partial charge in [-0.25, -0.2) is 4.84 Å². The Hall–Kier alpha value is -3.16. The number of hydroxylamine groups is 2. The van der Waals surface area contributed by atoms with E-state index in [1.54, 1.807) is 7.11 Å². The summed E-state index contributed by atoms with van der Waals surface area (Å²) in [4.78, 5) is 34.0. The fourth-order valence-electron chi connectivity index (χ4n) is 3.63. The Morgan fingerprint density at radius 1 is 0.969 bits per heavy atom. The van der Waals surface area contributed by atoms with E-state index in [4.69, 9.17) is 14.3 Å². The Morgan fingerprint density at radius 2 is 1.66 bits per heavy atom. The average molecular weight is 439 g/mol. The van der Waals surface area contributed by atoms with Gasteiger partial charge >= 0.3 is 5.91 Å². The van der Waals surface area contributed by atoms with Crippen molar-refractivity contribution in [1.82, 2.24) is 9.96 Å². The number of carbonyl (C=O) groups excluding carboxylic acids is 2. The van der Waals surface area contributed by atoms with Crippen molar-refractivity contribution < 1.29 is 23.9 Å². The zero-order chi connectivity index (χ0) is 23.1. The van der Waals surface area contributed by atoms with E-state index in [1.165, 1.54) is 7.11 Å². The van der Waals surface area contributed by atoms with Gasteiger partial charge in [0, 0.05) is 20.1 Å². The number of methoxy groups -OCH3 is 2. The lowest BCUT2D eigenvalue weighted by molar-refractivity contribution is -0.226. The largest absolute Gasteiger partial charge is 0.497 e. The van der Waals surface area contributed by atoms with Gasteiger partial charge in [0.05, 0.1) is 7.11 Å². The third-order valence-electron chi connectivity index (χ3n) is 5.15. The first kappa shape index (κ1) is 23.5. The molecule has 3 rings (SSSR count). The molecule has 170 valence electrons. The molecule has 0 saturated carbocycles. The van der Waals surface area contributed by atoms with Gasteiger partial charge in [0.2, 0.25) is 0 Å². The van der Waals surface area contributed by atoms with Crippen LogP contribution in [0.3, 0.4) is 0 Å². The van der Waals surface area contributed by atoms with Gasteiger partial charge in [-0.3, -0.25) is 9.59 Å². The fraction of sp³-hybridized carbons (Fsp3) is 0.360. The van der Waals surface area contributed by atoms with Crippen LogP contribution in [0.2, 0.25) is 0 Å². The highest BCUT2D eigenvalue weighted by Crippen LogP contribution is 2.28. The molecule has 0 unspecified atom stereocenters. The lowest BCUT2D eigenvalue weighted by Gasteiger charge is -2.41. The highest BCUT2D eigenvalue weighted by atomic mass is 16.8. The quantitative estimate of drug-likeness (QED) is 0.339. The van der Waals surface area contributed by atoms with E-state index in [2.05, 4.69) is 0 Å². The van der Waals surface area contributed by atoms with Gasteiger partial charge in [-0.1, -0.05) is 62.4 Å². The molecule has 0 spiro atoms. The minimum absolute atomic E-state index is 0.0992. The lowest BCUT2D eigenvalue weighted by atomic mass is 9.98. The van der Waals surface area contributed by atoms with Crippen LogP contribution in [0.4, 0.5) is 0 Å². The van der Waals surface area contributed by atoms with Crippen molar-refractivity contribution in [3.63, 3.8) is 0 Å². The van der Waals surface area contributed by atoms with Gasteiger partial charge in [-0.05, 0) is 29.2 Å². The summed E-state index contributed by atoms with van der Waals surface area (Å²) in [6.07, 6.45) is 2.31. The van der Waals surface area contributed by atoms with Crippen molar-refractivity contribution in [3.8, 4) is 5.75 Å². The van der Waals surface area contributed by atoms with Crippen LogP contribution in [-0.4, -0.2) is 48.8 Å². The number of benzene rings is 2. The summed E-state index contributed by atoms with van der Waals surface area (Å²) < 4.78 is 10.2. The molecule has 1 aliphatic heterocycles. The van der Waals surface area contributed by atoms with Gasteiger partial charge in [0.1, 0.15) is 17.5 Å². The summed E-state index contributed by atoms with van der Waals surface area (Å²) in [6, 6.07) is 16.8. The molecule has 1 aliphatic rings. The summed E-state index contributed by atoms with van der Waals surface area (Å²) in [7, 11) is 3.06. The summed E-state index contributed by atoms with van der Waals surface area (Å²) in [6.45, 7) is 4.20. The Morgan fingerprint density at radius 3 is 2.25 bits per heavy atom. The number of hydrogen-bond acceptors (Lipinski definition) is 6. The Kier molecular flexibility index (Phi) is 8.03. The zero-order valence-electron chi connectivity index (χ0n) is 19.0. The number of imide groups is 1. The number of amides is 2. The van der Waals surface area contributed by atoms with Gasteiger partial charge in [0.25, 0.3) is 5.91 Å². The fourth-order valence-corrected chi connectivity index (χ4v) is 3.63. The van der Waals surface area contributed by atoms with Crippen molar-refractivity contribution in [3.05, 3.63) is 77.5 Å². The molecule has 0 aromatic heterocycles. The highest BCUT2D eigenvalue weighted by Gasteiger charge is 2.44. The van der Waals surface area contributed by atoms with E-state index in [9.17, 15) is 9.59 Å². The molecule has 0 bridgehead atoms. The Labute approximate surface area is 189 Å². The first-order valence-corrected chi connectivity index (χ1v) is 10.6. The number of nitrogens with zero attached hydrogens (tertiary/aromatic N) is 2. The van der Waals surface area contributed by atoms with Crippen LogP contribution in [-0.2, 0) is 32.1 Å². The molecule has 0 N–H and O–H groups in total. The molecule has 1 atom stereocenters. The standard InChI is InChI=1S/C25H30N2O5/c1-18(2)14-22-24(28)27(32-17-30-3)25(29)23(15-19-8-6-5-7-9-19)26(22)16-20-10-12-21(31-4)13-11-20/h5-14,18,23H,15-17H2,1-4H3/b22-14-/t23-/m0/s1. The van der Waals surface area contributed by atoms with E-state index in [0.29, 0.717) is 18.7 Å². The molecule has 0 aliphatic carbocycles. The number of ether oxygens (including phenoxy) is 2. The van der Waals surface area contributed by atoms with Crippen LogP contribution in [0.25, 0.3) is 0 Å². The minimum atomic E-state index is -0.612. The summed E-state index contributed by atoms with van der Waals surface area (Å²) in [5, 5.41) is 0.843. The van der Waals surface area contributed by atoms with Gasteiger partial charge in [-0.2, -0.15) is 0 Å².